The van der Waals surface area contributed by atoms with Crippen LogP contribution in [-0.4, -0.2) is 43.4 Å². The van der Waals surface area contributed by atoms with Gasteiger partial charge in [-0.3, -0.25) is 19.2 Å². The molecule has 3 aromatic rings. The molecule has 0 radical (unpaired) electrons. The third-order valence-corrected chi connectivity index (χ3v) is 8.27. The molecule has 2 atom stereocenters. The topological polar surface area (TPSA) is 119 Å². The molecule has 8 nitrogen and oxygen atoms in total. The Morgan fingerprint density at radius 3 is 2.25 bits per heavy atom. The van der Waals surface area contributed by atoms with Crippen molar-refractivity contribution in [2.24, 2.45) is 5.92 Å². The molecule has 0 unspecified atom stereocenters. The fourth-order valence-electron chi connectivity index (χ4n) is 4.21. The van der Waals surface area contributed by atoms with Crippen LogP contribution in [0.4, 0.5) is 0 Å². The first kappa shape index (κ1) is 31.0. The molecule has 2 amide bonds. The lowest BCUT2D eigenvalue weighted by Gasteiger charge is -2.22. The summed E-state index contributed by atoms with van der Waals surface area (Å²) < 4.78 is 26.3. The van der Waals surface area contributed by atoms with Crippen LogP contribution in [0.2, 0.25) is 0 Å². The number of benzene rings is 3. The predicted molar refractivity (Wildman–Crippen MR) is 155 cm³/mol. The number of rotatable bonds is 12. The number of sulfone groups is 1. The number of aryl methyl sites for hydroxylation is 2. The largest absolute Gasteiger partial charge is 0.346 e. The number of nitrogens with one attached hydrogen (secondary N) is 2. The average molecular weight is 567 g/mol. The molecule has 0 fully saturated rings. The number of carbonyl (C=O) groups excluding carboxylic acids is 3. The van der Waals surface area contributed by atoms with Gasteiger partial charge in [-0.25, -0.2) is 13.9 Å². The van der Waals surface area contributed by atoms with Crippen LogP contribution in [0, 0.1) is 12.8 Å². The molecule has 3 aromatic carbocycles. The quantitative estimate of drug-likeness (QED) is 0.312. The third kappa shape index (κ3) is 8.99. The molecule has 0 aromatic heterocycles. The Balaban J connectivity index is 1.70. The number of hydrogen-bond donors (Lipinski definition) is 2. The highest BCUT2D eigenvalue weighted by Gasteiger charge is 2.31. The zero-order valence-corrected chi connectivity index (χ0v) is 24.5. The summed E-state index contributed by atoms with van der Waals surface area (Å²) in [6, 6.07) is 19.3. The fourth-order valence-corrected chi connectivity index (χ4v) is 5.75. The molecule has 0 aliphatic heterocycles. The summed E-state index contributed by atoms with van der Waals surface area (Å²) in [5.41, 5.74) is 3.54. The van der Waals surface area contributed by atoms with E-state index in [9.17, 15) is 22.8 Å². The van der Waals surface area contributed by atoms with Crippen molar-refractivity contribution in [2.45, 2.75) is 70.4 Å². The van der Waals surface area contributed by atoms with Crippen molar-refractivity contribution in [3.63, 3.8) is 0 Å². The summed E-state index contributed by atoms with van der Waals surface area (Å²) in [5.74, 6) is -3.34. The van der Waals surface area contributed by atoms with E-state index in [1.54, 1.807) is 39.8 Å². The van der Waals surface area contributed by atoms with Crippen LogP contribution in [0.3, 0.4) is 0 Å². The second-order valence-electron chi connectivity index (χ2n) is 11.1. The van der Waals surface area contributed by atoms with E-state index >= 15 is 0 Å². The van der Waals surface area contributed by atoms with Gasteiger partial charge in [0.15, 0.2) is 15.6 Å². The first-order chi connectivity index (χ1) is 18.7. The van der Waals surface area contributed by atoms with E-state index in [-0.39, 0.29) is 17.1 Å². The maximum absolute atomic E-state index is 13.3. The van der Waals surface area contributed by atoms with Crippen molar-refractivity contribution < 1.29 is 27.6 Å². The van der Waals surface area contributed by atoms with Crippen LogP contribution in [-0.2, 0) is 35.5 Å². The maximum Gasteiger partial charge on any atom is 0.244 e. The molecule has 0 heterocycles. The number of hydroxylamine groups is 1. The lowest BCUT2D eigenvalue weighted by Crippen LogP contribution is -2.45. The second kappa shape index (κ2) is 13.2. The number of amides is 2. The van der Waals surface area contributed by atoms with Gasteiger partial charge in [-0.05, 0) is 69.5 Å². The number of Topliss-reactive ketones (excluding diaryl/α,β-unsaturated/α-hetero) is 1. The van der Waals surface area contributed by atoms with Gasteiger partial charge >= 0.3 is 0 Å². The summed E-state index contributed by atoms with van der Waals surface area (Å²) >= 11 is 0. The van der Waals surface area contributed by atoms with Gasteiger partial charge in [-0.1, -0.05) is 60.2 Å². The van der Waals surface area contributed by atoms with Gasteiger partial charge in [0.1, 0.15) is 0 Å². The number of carbonyl (C=O) groups is 3. The minimum absolute atomic E-state index is 0.0569. The summed E-state index contributed by atoms with van der Waals surface area (Å²) in [6.07, 6.45) is 0.268. The third-order valence-electron chi connectivity index (χ3n) is 6.44. The first-order valence-electron chi connectivity index (χ1n) is 13.3. The zero-order valence-electron chi connectivity index (χ0n) is 23.7. The van der Waals surface area contributed by atoms with Gasteiger partial charge in [0, 0.05) is 12.8 Å². The molecule has 0 bridgehead atoms. The highest BCUT2D eigenvalue weighted by molar-refractivity contribution is 7.91. The molecule has 9 heteroatoms. The molecular weight excluding hydrogens is 528 g/mol. The molecule has 0 aliphatic carbocycles. The van der Waals surface area contributed by atoms with E-state index in [0.717, 1.165) is 21.9 Å². The normalized spacial score (nSPS) is 13.4. The van der Waals surface area contributed by atoms with E-state index in [4.69, 9.17) is 4.84 Å². The van der Waals surface area contributed by atoms with Gasteiger partial charge in [0.25, 0.3) is 0 Å². The SMILES string of the molecule is Cc1ccc(S(=O)(=O)C[C@@H](CC(=O)NOC(C)(C)C)C(=O)N[C@@H](C)C(=O)CCc2cccc3ccccc23)cc1. The maximum atomic E-state index is 13.3. The minimum atomic E-state index is -3.90. The molecule has 3 rings (SSSR count). The molecule has 40 heavy (non-hydrogen) atoms. The number of hydrogen-bond acceptors (Lipinski definition) is 6. The van der Waals surface area contributed by atoms with Crippen LogP contribution in [0.1, 0.15) is 51.7 Å². The molecule has 0 saturated carbocycles. The monoisotopic (exact) mass is 566 g/mol. The van der Waals surface area contributed by atoms with E-state index in [2.05, 4.69) is 10.8 Å². The Hall–Kier alpha value is -3.56. The zero-order chi connectivity index (χ0) is 29.5. The number of ketones is 1. The number of fused-ring (bicyclic) bond motifs is 1. The Morgan fingerprint density at radius 2 is 1.57 bits per heavy atom. The van der Waals surface area contributed by atoms with Gasteiger partial charge in [-0.15, -0.1) is 0 Å². The van der Waals surface area contributed by atoms with Gasteiger partial charge in [-0.2, -0.15) is 0 Å². The predicted octanol–water partition coefficient (Wildman–Crippen LogP) is 4.48. The van der Waals surface area contributed by atoms with Gasteiger partial charge in [0.2, 0.25) is 11.8 Å². The van der Waals surface area contributed by atoms with Crippen molar-refractivity contribution in [2.75, 3.05) is 5.75 Å². The van der Waals surface area contributed by atoms with Crippen LogP contribution in [0.25, 0.3) is 10.8 Å². The Kier molecular flexibility index (Phi) is 10.2. The molecule has 214 valence electrons. The van der Waals surface area contributed by atoms with Gasteiger partial charge < -0.3 is 5.32 Å². The molecule has 2 N–H and O–H groups in total. The lowest BCUT2D eigenvalue weighted by molar-refractivity contribution is -0.147. The molecule has 0 spiro atoms. The highest BCUT2D eigenvalue weighted by atomic mass is 32.2. The van der Waals surface area contributed by atoms with Crippen LogP contribution < -0.4 is 10.8 Å². The molecular formula is C31H38N2O6S. The lowest BCUT2D eigenvalue weighted by atomic mass is 9.98. The fraction of sp³-hybridized carbons (Fsp3) is 0.387. The molecule has 0 saturated heterocycles. The molecule has 0 aliphatic rings. The van der Waals surface area contributed by atoms with E-state index in [1.165, 1.54) is 12.1 Å². The standard InChI is InChI=1S/C31H38N2O6S/c1-21-13-16-26(17-14-21)40(37,38)20-25(19-29(35)33-39-31(3,4)5)30(36)32-22(2)28(34)18-15-24-11-8-10-23-9-6-7-12-27(23)24/h6-14,16-17,22,25H,15,18-20H2,1-5H3,(H,32,36)(H,33,35)/t22-,25+/m0/s1. The Morgan fingerprint density at radius 1 is 0.925 bits per heavy atom. The van der Waals surface area contributed by atoms with E-state index in [1.807, 2.05) is 49.4 Å². The van der Waals surface area contributed by atoms with E-state index < -0.39 is 51.4 Å². The summed E-state index contributed by atoms with van der Waals surface area (Å²) in [4.78, 5) is 44.1. The second-order valence-corrected chi connectivity index (χ2v) is 13.1. The smallest absolute Gasteiger partial charge is 0.244 e. The average Bonchev–Trinajstić information content (AvgIpc) is 2.89. The van der Waals surface area contributed by atoms with Crippen molar-refractivity contribution in [3.8, 4) is 0 Å². The summed E-state index contributed by atoms with van der Waals surface area (Å²) in [6.45, 7) is 8.63. The first-order valence-corrected chi connectivity index (χ1v) is 15.0. The van der Waals surface area contributed by atoms with Crippen molar-refractivity contribution >= 4 is 38.2 Å². The van der Waals surface area contributed by atoms with E-state index in [0.29, 0.717) is 6.42 Å². The van der Waals surface area contributed by atoms with Crippen molar-refractivity contribution in [3.05, 3.63) is 77.9 Å². The van der Waals surface area contributed by atoms with Gasteiger partial charge in [0.05, 0.1) is 28.2 Å². The minimum Gasteiger partial charge on any atom is -0.346 e. The van der Waals surface area contributed by atoms with Crippen LogP contribution >= 0.6 is 0 Å². The highest BCUT2D eigenvalue weighted by Crippen LogP contribution is 2.21. The van der Waals surface area contributed by atoms with Crippen molar-refractivity contribution in [1.29, 1.82) is 0 Å². The van der Waals surface area contributed by atoms with Crippen molar-refractivity contribution in [1.82, 2.24) is 10.8 Å². The van der Waals surface area contributed by atoms with Crippen LogP contribution in [0.15, 0.2) is 71.6 Å². The Labute approximate surface area is 236 Å². The Bertz CT molecular complexity index is 1450. The summed E-state index contributed by atoms with van der Waals surface area (Å²) in [5, 5.41) is 4.79. The van der Waals surface area contributed by atoms with Crippen LogP contribution in [0.5, 0.6) is 0 Å². The summed E-state index contributed by atoms with van der Waals surface area (Å²) in [7, 11) is -3.90.